The molecule has 0 bridgehead atoms. The third kappa shape index (κ3) is 3.09. The van der Waals surface area contributed by atoms with E-state index >= 15 is 0 Å². The maximum absolute atomic E-state index is 11.5. The third-order valence-corrected chi connectivity index (χ3v) is 5.54. The average molecular weight is 292 g/mol. The zero-order valence-electron chi connectivity index (χ0n) is 10.6. The van der Waals surface area contributed by atoms with Gasteiger partial charge in [-0.1, -0.05) is 12.8 Å². The molecule has 3 nitrogen and oxygen atoms in total. The van der Waals surface area contributed by atoms with Gasteiger partial charge in [-0.2, -0.15) is 4.73 Å². The van der Waals surface area contributed by atoms with Crippen molar-refractivity contribution in [2.24, 2.45) is 0 Å². The van der Waals surface area contributed by atoms with E-state index in [9.17, 15) is 5.21 Å². The lowest BCUT2D eigenvalue weighted by Gasteiger charge is -2.03. The smallest absolute Gasteiger partial charge is 0.251 e. The van der Waals surface area contributed by atoms with E-state index in [1.54, 1.807) is 29.2 Å². The number of rotatable bonds is 4. The van der Waals surface area contributed by atoms with Crippen LogP contribution in [0.5, 0.6) is 0 Å². The lowest BCUT2D eigenvalue weighted by atomic mass is 10.1. The van der Waals surface area contributed by atoms with E-state index in [4.69, 9.17) is 4.98 Å². The molecule has 0 radical (unpaired) electrons. The summed E-state index contributed by atoms with van der Waals surface area (Å²) in [5.74, 6) is 1.46. The number of pyridine rings is 1. The first kappa shape index (κ1) is 12.9. The molecule has 19 heavy (non-hydrogen) atoms. The van der Waals surface area contributed by atoms with Crippen molar-refractivity contribution in [2.75, 3.05) is 0 Å². The van der Waals surface area contributed by atoms with Gasteiger partial charge in [-0.15, -0.1) is 11.3 Å². The highest BCUT2D eigenvalue weighted by molar-refractivity contribution is 7.98. The lowest BCUT2D eigenvalue weighted by molar-refractivity contribution is -0.645. The summed E-state index contributed by atoms with van der Waals surface area (Å²) < 4.78 is 0.912. The van der Waals surface area contributed by atoms with Crippen LogP contribution in [-0.2, 0) is 5.75 Å². The van der Waals surface area contributed by atoms with Gasteiger partial charge in [0.2, 0.25) is 0 Å². The minimum atomic E-state index is 0.685. The molecule has 1 aliphatic rings. The zero-order chi connectivity index (χ0) is 13.1. The van der Waals surface area contributed by atoms with Crippen LogP contribution < -0.4 is 4.73 Å². The fourth-order valence-electron chi connectivity index (χ4n) is 2.42. The molecular weight excluding hydrogens is 276 g/mol. The predicted molar refractivity (Wildman–Crippen MR) is 78.3 cm³/mol. The number of thioether (sulfide) groups is 1. The van der Waals surface area contributed by atoms with Crippen molar-refractivity contribution in [1.82, 2.24) is 4.98 Å². The largest absolute Gasteiger partial charge is 0.618 e. The predicted octanol–water partition coefficient (Wildman–Crippen LogP) is 3.73. The fourth-order valence-corrected chi connectivity index (χ4v) is 4.32. The highest BCUT2D eigenvalue weighted by atomic mass is 32.2. The van der Waals surface area contributed by atoms with E-state index in [2.05, 4.69) is 5.38 Å². The van der Waals surface area contributed by atoms with Crippen molar-refractivity contribution in [3.8, 4) is 0 Å². The van der Waals surface area contributed by atoms with Crippen molar-refractivity contribution in [1.29, 1.82) is 0 Å². The Balaban J connectivity index is 1.63. The number of nitrogens with zero attached hydrogens (tertiary/aromatic N) is 2. The summed E-state index contributed by atoms with van der Waals surface area (Å²) in [5.41, 5.74) is 1.10. The Bertz CT molecular complexity index is 550. The van der Waals surface area contributed by atoms with E-state index in [-0.39, 0.29) is 0 Å². The van der Waals surface area contributed by atoms with Crippen LogP contribution >= 0.6 is 23.1 Å². The van der Waals surface area contributed by atoms with Crippen LogP contribution in [0.1, 0.15) is 42.3 Å². The second-order valence-corrected chi connectivity index (χ2v) is 6.70. The Hall–Kier alpha value is -1.07. The van der Waals surface area contributed by atoms with Crippen molar-refractivity contribution < 1.29 is 4.73 Å². The average Bonchev–Trinajstić information content (AvgIpc) is 3.09. The fraction of sp³-hybridized carbons (Fsp3) is 0.429. The number of hydrogen-bond acceptors (Lipinski definition) is 4. The van der Waals surface area contributed by atoms with Crippen LogP contribution in [0.3, 0.4) is 0 Å². The molecule has 0 N–H and O–H groups in total. The molecule has 1 fully saturated rings. The van der Waals surface area contributed by atoms with Crippen LogP contribution in [0.2, 0.25) is 0 Å². The summed E-state index contributed by atoms with van der Waals surface area (Å²) >= 11 is 3.33. The lowest BCUT2D eigenvalue weighted by Crippen LogP contribution is -2.27. The van der Waals surface area contributed by atoms with Gasteiger partial charge in [0.05, 0.1) is 10.7 Å². The molecule has 100 valence electrons. The summed E-state index contributed by atoms with van der Waals surface area (Å²) in [6.07, 6.45) is 6.80. The summed E-state index contributed by atoms with van der Waals surface area (Å²) in [6.45, 7) is 0. The minimum Gasteiger partial charge on any atom is -0.618 e. The van der Waals surface area contributed by atoms with Crippen LogP contribution in [-0.4, -0.2) is 4.98 Å². The molecule has 2 heterocycles. The molecule has 0 atom stereocenters. The van der Waals surface area contributed by atoms with Crippen molar-refractivity contribution in [3.05, 3.63) is 45.7 Å². The molecule has 0 aliphatic heterocycles. The second-order valence-electron chi connectivity index (χ2n) is 4.81. The van der Waals surface area contributed by atoms with Crippen molar-refractivity contribution in [2.45, 2.75) is 42.4 Å². The Morgan fingerprint density at radius 2 is 2.21 bits per heavy atom. The van der Waals surface area contributed by atoms with Crippen LogP contribution in [0, 0.1) is 5.21 Å². The molecule has 1 aliphatic carbocycles. The number of aromatic nitrogens is 2. The molecule has 3 rings (SSSR count). The quantitative estimate of drug-likeness (QED) is 0.490. The Morgan fingerprint density at radius 1 is 1.37 bits per heavy atom. The van der Waals surface area contributed by atoms with E-state index in [1.165, 1.54) is 36.9 Å². The molecule has 0 unspecified atom stereocenters. The van der Waals surface area contributed by atoms with Gasteiger partial charge in [0, 0.05) is 29.2 Å². The molecule has 2 aromatic rings. The first-order valence-electron chi connectivity index (χ1n) is 6.58. The van der Waals surface area contributed by atoms with E-state index in [0.717, 1.165) is 21.2 Å². The molecular formula is C14H16N2OS2. The third-order valence-electron chi connectivity index (χ3n) is 3.43. The maximum Gasteiger partial charge on any atom is 0.251 e. The van der Waals surface area contributed by atoms with Gasteiger partial charge >= 0.3 is 0 Å². The van der Waals surface area contributed by atoms with E-state index in [1.807, 2.05) is 12.1 Å². The van der Waals surface area contributed by atoms with Crippen LogP contribution in [0.15, 0.2) is 34.8 Å². The maximum atomic E-state index is 11.5. The summed E-state index contributed by atoms with van der Waals surface area (Å²) in [6, 6.07) is 5.49. The monoisotopic (exact) mass is 292 g/mol. The second kappa shape index (κ2) is 5.92. The summed E-state index contributed by atoms with van der Waals surface area (Å²) in [5, 5.41) is 15.7. The van der Waals surface area contributed by atoms with Gasteiger partial charge in [-0.05, 0) is 30.7 Å². The van der Waals surface area contributed by atoms with E-state index in [0.29, 0.717) is 5.92 Å². The number of hydrogen-bond donors (Lipinski definition) is 0. The first-order chi connectivity index (χ1) is 9.33. The molecule has 5 heteroatoms. The molecule has 1 saturated carbocycles. The number of thiazole rings is 1. The molecule has 0 aromatic carbocycles. The van der Waals surface area contributed by atoms with Crippen molar-refractivity contribution >= 4 is 23.1 Å². The summed E-state index contributed by atoms with van der Waals surface area (Å²) in [7, 11) is 0. The SMILES string of the molecule is [O-][n+]1ccccc1SCc1csc(C2CCCC2)n1. The highest BCUT2D eigenvalue weighted by Gasteiger charge is 2.20. The van der Waals surface area contributed by atoms with Gasteiger partial charge in [-0.3, -0.25) is 0 Å². The Labute approximate surface area is 121 Å². The Morgan fingerprint density at radius 3 is 3.00 bits per heavy atom. The molecule has 0 spiro atoms. The van der Waals surface area contributed by atoms with Crippen LogP contribution in [0.25, 0.3) is 0 Å². The molecule has 0 saturated heterocycles. The highest BCUT2D eigenvalue weighted by Crippen LogP contribution is 2.36. The standard InChI is InChI=1S/C14H16N2OS2/c17-16-8-4-3-7-13(16)18-9-12-10-19-14(15-12)11-5-1-2-6-11/h3-4,7-8,10-11H,1-2,5-6,9H2. The van der Waals surface area contributed by atoms with Crippen molar-refractivity contribution in [3.63, 3.8) is 0 Å². The molecule has 0 amide bonds. The van der Waals surface area contributed by atoms with Gasteiger partial charge in [0.15, 0.2) is 6.20 Å². The van der Waals surface area contributed by atoms with Gasteiger partial charge in [-0.25, -0.2) is 4.98 Å². The zero-order valence-corrected chi connectivity index (χ0v) is 12.3. The van der Waals surface area contributed by atoms with Gasteiger partial charge in [0.1, 0.15) is 0 Å². The van der Waals surface area contributed by atoms with Gasteiger partial charge < -0.3 is 5.21 Å². The Kier molecular flexibility index (Phi) is 4.03. The summed E-state index contributed by atoms with van der Waals surface area (Å²) in [4.78, 5) is 4.72. The molecule has 2 aromatic heterocycles. The normalized spacial score (nSPS) is 16.0. The van der Waals surface area contributed by atoms with Gasteiger partial charge in [0.25, 0.3) is 5.03 Å². The topological polar surface area (TPSA) is 39.8 Å². The van der Waals surface area contributed by atoms with E-state index < -0.39 is 0 Å². The minimum absolute atomic E-state index is 0.685. The first-order valence-corrected chi connectivity index (χ1v) is 8.45. The van der Waals surface area contributed by atoms with Crippen LogP contribution in [0.4, 0.5) is 0 Å².